The lowest BCUT2D eigenvalue weighted by Crippen LogP contribution is -2.51. The second-order valence-corrected chi connectivity index (χ2v) is 7.67. The molecule has 162 valence electrons. The molecule has 2 aliphatic rings. The number of carbonyl (C=O) groups is 4. The molecule has 2 fully saturated rings. The molecule has 1 aromatic carbocycles. The van der Waals surface area contributed by atoms with E-state index in [1.807, 2.05) is 25.1 Å². The number of hydrogen-bond donors (Lipinski definition) is 2. The first-order chi connectivity index (χ1) is 14.4. The van der Waals surface area contributed by atoms with Gasteiger partial charge >= 0.3 is 6.03 Å². The minimum Gasteiger partial charge on any atom is -0.483 e. The molecule has 1 aromatic rings. The SMILES string of the molecule is CCc1ccccc1OCC(=O)NNC(=O)CN1C(=O)N(C)C2(CCCCC2)C1=O. The standard InChI is InChI=1S/C21H28N4O5/c1-3-15-9-5-6-10-16(15)30-14-18(27)23-22-17(26)13-25-19(28)21(24(2)20(25)29)11-7-4-8-12-21/h5-6,9-10H,3-4,7-8,11-14H2,1-2H3,(H,22,26)(H,23,27). The predicted octanol–water partition coefficient (Wildman–Crippen LogP) is 1.37. The van der Waals surface area contributed by atoms with Gasteiger partial charge in [-0.15, -0.1) is 0 Å². The van der Waals surface area contributed by atoms with Crippen LogP contribution in [0, 0.1) is 0 Å². The van der Waals surface area contributed by atoms with Gasteiger partial charge in [-0.05, 0) is 30.9 Å². The maximum absolute atomic E-state index is 12.9. The third-order valence-electron chi connectivity index (χ3n) is 5.84. The van der Waals surface area contributed by atoms with E-state index in [9.17, 15) is 19.2 Å². The molecule has 0 aromatic heterocycles. The average molecular weight is 416 g/mol. The zero-order valence-electron chi connectivity index (χ0n) is 17.4. The first kappa shape index (κ1) is 21.6. The van der Waals surface area contributed by atoms with Gasteiger partial charge in [0.25, 0.3) is 17.7 Å². The van der Waals surface area contributed by atoms with E-state index in [2.05, 4.69) is 10.9 Å². The van der Waals surface area contributed by atoms with E-state index < -0.39 is 29.9 Å². The van der Waals surface area contributed by atoms with Crippen LogP contribution in [-0.4, -0.2) is 59.3 Å². The molecule has 0 atom stereocenters. The Morgan fingerprint density at radius 1 is 1.07 bits per heavy atom. The lowest BCUT2D eigenvalue weighted by atomic mass is 9.81. The molecule has 9 nitrogen and oxygen atoms in total. The number of para-hydroxylation sites is 1. The molecule has 0 radical (unpaired) electrons. The van der Waals surface area contributed by atoms with Gasteiger partial charge in [-0.3, -0.25) is 30.1 Å². The van der Waals surface area contributed by atoms with Crippen molar-refractivity contribution >= 4 is 23.8 Å². The summed E-state index contributed by atoms with van der Waals surface area (Å²) in [7, 11) is 1.61. The van der Waals surface area contributed by atoms with Gasteiger partial charge in [0, 0.05) is 7.05 Å². The van der Waals surface area contributed by atoms with Crippen molar-refractivity contribution in [2.45, 2.75) is 51.0 Å². The zero-order chi connectivity index (χ0) is 21.7. The van der Waals surface area contributed by atoms with E-state index in [-0.39, 0.29) is 12.5 Å². The smallest absolute Gasteiger partial charge is 0.327 e. The highest BCUT2D eigenvalue weighted by Crippen LogP contribution is 2.39. The van der Waals surface area contributed by atoms with E-state index in [4.69, 9.17) is 4.74 Å². The Kier molecular flexibility index (Phi) is 6.59. The molecule has 9 heteroatoms. The molecule has 0 unspecified atom stereocenters. The van der Waals surface area contributed by atoms with Crippen molar-refractivity contribution < 1.29 is 23.9 Å². The minimum atomic E-state index is -0.834. The number of aryl methyl sites for hydroxylation is 1. The first-order valence-corrected chi connectivity index (χ1v) is 10.3. The average Bonchev–Trinajstić information content (AvgIpc) is 2.93. The van der Waals surface area contributed by atoms with Crippen LogP contribution < -0.4 is 15.6 Å². The van der Waals surface area contributed by atoms with Gasteiger partial charge < -0.3 is 9.64 Å². The van der Waals surface area contributed by atoms with Gasteiger partial charge in [-0.1, -0.05) is 44.4 Å². The molecule has 1 saturated heterocycles. The molecule has 1 aliphatic carbocycles. The summed E-state index contributed by atoms with van der Waals surface area (Å²) < 4.78 is 5.49. The maximum Gasteiger partial charge on any atom is 0.327 e. The van der Waals surface area contributed by atoms with E-state index in [0.717, 1.165) is 36.1 Å². The lowest BCUT2D eigenvalue weighted by Gasteiger charge is -2.35. The Hall–Kier alpha value is -3.10. The molecule has 1 aliphatic heterocycles. The number of amides is 5. The van der Waals surface area contributed by atoms with Gasteiger partial charge in [0.05, 0.1) is 0 Å². The molecule has 2 N–H and O–H groups in total. The maximum atomic E-state index is 12.9. The van der Waals surface area contributed by atoms with Gasteiger partial charge in [0.15, 0.2) is 6.61 Å². The number of likely N-dealkylation sites (N-methyl/N-ethyl adjacent to an activating group) is 1. The van der Waals surface area contributed by atoms with Crippen molar-refractivity contribution in [2.24, 2.45) is 0 Å². The van der Waals surface area contributed by atoms with Crippen molar-refractivity contribution in [3.05, 3.63) is 29.8 Å². The molecule has 5 amide bonds. The van der Waals surface area contributed by atoms with Crippen LogP contribution in [0.1, 0.15) is 44.6 Å². The molecular weight excluding hydrogens is 388 g/mol. The summed E-state index contributed by atoms with van der Waals surface area (Å²) >= 11 is 0. The number of hydrazine groups is 1. The summed E-state index contributed by atoms with van der Waals surface area (Å²) in [6.45, 7) is 1.27. The van der Waals surface area contributed by atoms with Gasteiger partial charge in [-0.2, -0.15) is 0 Å². The Labute approximate surface area is 175 Å². The summed E-state index contributed by atoms with van der Waals surface area (Å²) in [6, 6.07) is 6.90. The monoisotopic (exact) mass is 416 g/mol. The number of nitrogens with one attached hydrogen (secondary N) is 2. The van der Waals surface area contributed by atoms with Gasteiger partial charge in [0.1, 0.15) is 17.8 Å². The quantitative estimate of drug-likeness (QED) is 0.538. The molecule has 1 saturated carbocycles. The van der Waals surface area contributed by atoms with Crippen LogP contribution in [-0.2, 0) is 20.8 Å². The van der Waals surface area contributed by atoms with E-state index in [0.29, 0.717) is 18.6 Å². The third kappa shape index (κ3) is 4.24. The number of nitrogens with zero attached hydrogens (tertiary/aromatic N) is 2. The summed E-state index contributed by atoms with van der Waals surface area (Å²) in [4.78, 5) is 52.0. The Morgan fingerprint density at radius 3 is 2.43 bits per heavy atom. The van der Waals surface area contributed by atoms with Gasteiger partial charge in [0.2, 0.25) is 0 Å². The Morgan fingerprint density at radius 2 is 1.73 bits per heavy atom. The van der Waals surface area contributed by atoms with Crippen molar-refractivity contribution in [1.82, 2.24) is 20.7 Å². The Bertz CT molecular complexity index is 834. The van der Waals surface area contributed by atoms with Gasteiger partial charge in [-0.25, -0.2) is 4.79 Å². The third-order valence-corrected chi connectivity index (χ3v) is 5.84. The van der Waals surface area contributed by atoms with Crippen LogP contribution in [0.25, 0.3) is 0 Å². The number of hydrogen-bond acceptors (Lipinski definition) is 5. The van der Waals surface area contributed by atoms with Crippen LogP contribution in [0.2, 0.25) is 0 Å². The highest BCUT2D eigenvalue weighted by Gasteiger charge is 2.55. The number of rotatable bonds is 6. The fourth-order valence-electron chi connectivity index (χ4n) is 4.11. The normalized spacial score (nSPS) is 17.9. The lowest BCUT2D eigenvalue weighted by molar-refractivity contribution is -0.138. The van der Waals surface area contributed by atoms with E-state index in [1.165, 1.54) is 4.90 Å². The largest absolute Gasteiger partial charge is 0.483 e. The van der Waals surface area contributed by atoms with E-state index >= 15 is 0 Å². The number of benzene rings is 1. The fourth-order valence-corrected chi connectivity index (χ4v) is 4.11. The molecule has 30 heavy (non-hydrogen) atoms. The summed E-state index contributed by atoms with van der Waals surface area (Å²) in [5.74, 6) is -0.930. The van der Waals surface area contributed by atoms with Crippen molar-refractivity contribution in [2.75, 3.05) is 20.2 Å². The topological polar surface area (TPSA) is 108 Å². The summed E-state index contributed by atoms with van der Waals surface area (Å²) in [5.41, 5.74) is 4.63. The second kappa shape index (κ2) is 9.15. The number of imide groups is 1. The van der Waals surface area contributed by atoms with Crippen LogP contribution >= 0.6 is 0 Å². The molecule has 1 heterocycles. The molecule has 1 spiro atoms. The van der Waals surface area contributed by atoms with Crippen molar-refractivity contribution in [3.63, 3.8) is 0 Å². The molecule has 0 bridgehead atoms. The number of urea groups is 1. The Balaban J connectivity index is 1.49. The first-order valence-electron chi connectivity index (χ1n) is 10.3. The number of ether oxygens (including phenoxy) is 1. The summed E-state index contributed by atoms with van der Waals surface area (Å²) in [6.07, 6.45) is 4.77. The van der Waals surface area contributed by atoms with Crippen LogP contribution in [0.15, 0.2) is 24.3 Å². The van der Waals surface area contributed by atoms with Crippen LogP contribution in [0.3, 0.4) is 0 Å². The van der Waals surface area contributed by atoms with Crippen LogP contribution in [0.4, 0.5) is 4.79 Å². The second-order valence-electron chi connectivity index (χ2n) is 7.67. The van der Waals surface area contributed by atoms with Crippen molar-refractivity contribution in [1.29, 1.82) is 0 Å². The van der Waals surface area contributed by atoms with Crippen LogP contribution in [0.5, 0.6) is 5.75 Å². The molecular formula is C21H28N4O5. The predicted molar refractivity (Wildman–Crippen MR) is 108 cm³/mol. The number of carbonyl (C=O) groups excluding carboxylic acids is 4. The minimum absolute atomic E-state index is 0.273. The van der Waals surface area contributed by atoms with Crippen molar-refractivity contribution in [3.8, 4) is 5.75 Å². The zero-order valence-corrected chi connectivity index (χ0v) is 17.4. The fraction of sp³-hybridized carbons (Fsp3) is 0.524. The highest BCUT2D eigenvalue weighted by molar-refractivity contribution is 6.09. The highest BCUT2D eigenvalue weighted by atomic mass is 16.5. The summed E-state index contributed by atoms with van der Waals surface area (Å²) in [5, 5.41) is 0. The molecule has 3 rings (SSSR count). The van der Waals surface area contributed by atoms with E-state index in [1.54, 1.807) is 13.1 Å².